The van der Waals surface area contributed by atoms with Gasteiger partial charge < -0.3 is 11.1 Å². The lowest BCUT2D eigenvalue weighted by Crippen LogP contribution is -2.39. The van der Waals surface area contributed by atoms with Crippen molar-refractivity contribution in [3.05, 3.63) is 29.8 Å². The first-order chi connectivity index (χ1) is 9.79. The van der Waals surface area contributed by atoms with Gasteiger partial charge in [-0.3, -0.25) is 4.79 Å². The maximum absolute atomic E-state index is 12.2. The van der Waals surface area contributed by atoms with E-state index in [1.165, 1.54) is 6.26 Å². The third kappa shape index (κ3) is 3.83. The Hall–Kier alpha value is -1.40. The zero-order chi connectivity index (χ0) is 15.6. The number of hydrogen-bond acceptors (Lipinski definition) is 4. The second-order valence-corrected chi connectivity index (χ2v) is 7.79. The first kappa shape index (κ1) is 16.0. The Morgan fingerprint density at radius 1 is 1.29 bits per heavy atom. The summed E-state index contributed by atoms with van der Waals surface area (Å²) in [5, 5.41) is 2.96. The van der Waals surface area contributed by atoms with Gasteiger partial charge in [0.15, 0.2) is 9.84 Å². The fourth-order valence-electron chi connectivity index (χ4n) is 2.72. The second kappa shape index (κ2) is 6.15. The van der Waals surface area contributed by atoms with E-state index in [9.17, 15) is 13.2 Å². The number of amides is 1. The maximum atomic E-state index is 12.2. The van der Waals surface area contributed by atoms with Crippen LogP contribution in [0.1, 0.15) is 37.8 Å². The number of nitrogens with one attached hydrogen (secondary N) is 1. The number of rotatable bonds is 4. The van der Waals surface area contributed by atoms with Crippen LogP contribution < -0.4 is 11.1 Å². The highest BCUT2D eigenvalue weighted by Gasteiger charge is 2.30. The van der Waals surface area contributed by atoms with Gasteiger partial charge in [-0.15, -0.1) is 0 Å². The summed E-state index contributed by atoms with van der Waals surface area (Å²) >= 11 is 0. The first-order valence-corrected chi connectivity index (χ1v) is 9.04. The standard InChI is InChI=1S/C15H22N2O3S/c1-10(17-15(18)13-4-3-5-14(13)16)11-6-8-12(9-7-11)21(2,19)20/h6-10,13-14H,3-5,16H2,1-2H3,(H,17,18). The lowest BCUT2D eigenvalue weighted by Gasteiger charge is -2.20. The summed E-state index contributed by atoms with van der Waals surface area (Å²) in [6.07, 6.45) is 3.91. The molecular formula is C15H22N2O3S. The highest BCUT2D eigenvalue weighted by Crippen LogP contribution is 2.25. The Kier molecular flexibility index (Phi) is 4.68. The van der Waals surface area contributed by atoms with Gasteiger partial charge in [-0.2, -0.15) is 0 Å². The summed E-state index contributed by atoms with van der Waals surface area (Å²) in [6.45, 7) is 1.88. The van der Waals surface area contributed by atoms with Crippen LogP contribution in [0.15, 0.2) is 29.2 Å². The van der Waals surface area contributed by atoms with E-state index in [2.05, 4.69) is 5.32 Å². The second-order valence-electron chi connectivity index (χ2n) is 5.77. The normalized spacial score (nSPS) is 23.8. The Bertz CT molecular complexity index is 610. The molecule has 5 nitrogen and oxygen atoms in total. The largest absolute Gasteiger partial charge is 0.349 e. The van der Waals surface area contributed by atoms with Crippen LogP contribution in [0, 0.1) is 5.92 Å². The van der Waals surface area contributed by atoms with Gasteiger partial charge in [0.1, 0.15) is 0 Å². The van der Waals surface area contributed by atoms with Crippen LogP contribution in [0.5, 0.6) is 0 Å². The summed E-state index contributed by atoms with van der Waals surface area (Å²) < 4.78 is 22.8. The molecule has 0 spiro atoms. The predicted octanol–water partition coefficient (Wildman–Crippen LogP) is 1.39. The van der Waals surface area contributed by atoms with E-state index in [-0.39, 0.29) is 28.8 Å². The van der Waals surface area contributed by atoms with Crippen molar-refractivity contribution in [2.75, 3.05) is 6.26 Å². The van der Waals surface area contributed by atoms with Crippen LogP contribution >= 0.6 is 0 Å². The van der Waals surface area contributed by atoms with Crippen molar-refractivity contribution in [3.8, 4) is 0 Å². The van der Waals surface area contributed by atoms with Crippen molar-refractivity contribution < 1.29 is 13.2 Å². The van der Waals surface area contributed by atoms with Gasteiger partial charge in [0.05, 0.1) is 16.9 Å². The molecule has 1 aliphatic rings. The lowest BCUT2D eigenvalue weighted by molar-refractivity contribution is -0.125. The van der Waals surface area contributed by atoms with E-state index in [0.717, 1.165) is 24.8 Å². The van der Waals surface area contributed by atoms with E-state index < -0.39 is 9.84 Å². The zero-order valence-electron chi connectivity index (χ0n) is 12.4. The monoisotopic (exact) mass is 310 g/mol. The van der Waals surface area contributed by atoms with Gasteiger partial charge >= 0.3 is 0 Å². The number of sulfone groups is 1. The lowest BCUT2D eigenvalue weighted by atomic mass is 10.0. The van der Waals surface area contributed by atoms with E-state index in [1.54, 1.807) is 24.3 Å². The van der Waals surface area contributed by atoms with Gasteiger partial charge in [-0.1, -0.05) is 18.6 Å². The molecule has 1 saturated carbocycles. The molecule has 0 saturated heterocycles. The molecule has 116 valence electrons. The third-order valence-electron chi connectivity index (χ3n) is 4.07. The number of benzene rings is 1. The molecule has 3 unspecified atom stereocenters. The van der Waals surface area contributed by atoms with Crippen molar-refractivity contribution in [1.29, 1.82) is 0 Å². The molecule has 2 rings (SSSR count). The smallest absolute Gasteiger partial charge is 0.225 e. The molecule has 21 heavy (non-hydrogen) atoms. The first-order valence-electron chi connectivity index (χ1n) is 7.15. The molecule has 6 heteroatoms. The fourth-order valence-corrected chi connectivity index (χ4v) is 3.35. The number of carbonyl (C=O) groups is 1. The fraction of sp³-hybridized carbons (Fsp3) is 0.533. The number of nitrogens with two attached hydrogens (primary N) is 1. The quantitative estimate of drug-likeness (QED) is 0.879. The molecule has 3 N–H and O–H groups in total. The van der Waals surface area contributed by atoms with Crippen LogP contribution in [-0.4, -0.2) is 26.6 Å². The Labute approximate surface area is 125 Å². The Morgan fingerprint density at radius 2 is 1.90 bits per heavy atom. The van der Waals surface area contributed by atoms with Gasteiger partial charge in [0.2, 0.25) is 5.91 Å². The topological polar surface area (TPSA) is 89.3 Å². The minimum atomic E-state index is -3.19. The molecule has 3 atom stereocenters. The van der Waals surface area contributed by atoms with Crippen molar-refractivity contribution in [1.82, 2.24) is 5.32 Å². The molecule has 1 aromatic rings. The van der Waals surface area contributed by atoms with E-state index >= 15 is 0 Å². The van der Waals surface area contributed by atoms with E-state index in [4.69, 9.17) is 5.73 Å². The van der Waals surface area contributed by atoms with Crippen LogP contribution in [0.25, 0.3) is 0 Å². The van der Waals surface area contributed by atoms with Gasteiger partial charge in [0, 0.05) is 12.3 Å². The molecule has 1 amide bonds. The number of carbonyl (C=O) groups excluding carboxylic acids is 1. The molecule has 0 heterocycles. The minimum Gasteiger partial charge on any atom is -0.349 e. The van der Waals surface area contributed by atoms with Gasteiger partial charge in [0.25, 0.3) is 0 Å². The van der Waals surface area contributed by atoms with E-state index in [0.29, 0.717) is 0 Å². The van der Waals surface area contributed by atoms with Crippen LogP contribution in [0.2, 0.25) is 0 Å². The van der Waals surface area contributed by atoms with Crippen LogP contribution in [0.4, 0.5) is 0 Å². The summed E-state index contributed by atoms with van der Waals surface area (Å²) in [4.78, 5) is 12.5. The van der Waals surface area contributed by atoms with Crippen molar-refractivity contribution in [2.24, 2.45) is 11.7 Å². The Balaban J connectivity index is 2.03. The van der Waals surface area contributed by atoms with E-state index in [1.807, 2.05) is 6.92 Å². The number of hydrogen-bond donors (Lipinski definition) is 2. The SMILES string of the molecule is CC(NC(=O)C1CCCC1N)c1ccc(S(C)(=O)=O)cc1. The van der Waals surface area contributed by atoms with Crippen LogP contribution in [0.3, 0.4) is 0 Å². The van der Waals surface area contributed by atoms with Crippen molar-refractivity contribution >= 4 is 15.7 Å². The molecule has 0 aliphatic heterocycles. The summed E-state index contributed by atoms with van der Waals surface area (Å²) in [5.41, 5.74) is 6.81. The molecule has 0 aromatic heterocycles. The van der Waals surface area contributed by atoms with Crippen LogP contribution in [-0.2, 0) is 14.6 Å². The minimum absolute atomic E-state index is 0.0142. The molecule has 1 fully saturated rings. The molecule has 1 aliphatic carbocycles. The highest BCUT2D eigenvalue weighted by atomic mass is 32.2. The molecular weight excluding hydrogens is 288 g/mol. The van der Waals surface area contributed by atoms with Crippen molar-refractivity contribution in [3.63, 3.8) is 0 Å². The van der Waals surface area contributed by atoms with Crippen molar-refractivity contribution in [2.45, 2.75) is 43.2 Å². The third-order valence-corrected chi connectivity index (χ3v) is 5.20. The zero-order valence-corrected chi connectivity index (χ0v) is 13.2. The molecule has 0 radical (unpaired) electrons. The molecule has 1 aromatic carbocycles. The maximum Gasteiger partial charge on any atom is 0.225 e. The van der Waals surface area contributed by atoms with Gasteiger partial charge in [-0.25, -0.2) is 8.42 Å². The Morgan fingerprint density at radius 3 is 2.38 bits per heavy atom. The average Bonchev–Trinajstić information content (AvgIpc) is 2.84. The highest BCUT2D eigenvalue weighted by molar-refractivity contribution is 7.90. The molecule has 0 bridgehead atoms. The summed E-state index contributed by atoms with van der Waals surface area (Å²) in [6, 6.07) is 6.37. The summed E-state index contributed by atoms with van der Waals surface area (Å²) in [5.74, 6) is -0.123. The summed E-state index contributed by atoms with van der Waals surface area (Å²) in [7, 11) is -3.19. The predicted molar refractivity (Wildman–Crippen MR) is 81.4 cm³/mol. The van der Waals surface area contributed by atoms with Gasteiger partial charge in [-0.05, 0) is 37.5 Å². The average molecular weight is 310 g/mol.